The van der Waals surface area contributed by atoms with Gasteiger partial charge in [-0.05, 0) is 18.2 Å². The van der Waals surface area contributed by atoms with Crippen LogP contribution >= 0.6 is 11.9 Å². The molecule has 1 aromatic rings. The lowest BCUT2D eigenvalue weighted by atomic mass is 9.82. The first kappa shape index (κ1) is 18.5. The number of carbonyl (C=O) groups is 1. The molecule has 2 aliphatic heterocycles. The lowest BCUT2D eigenvalue weighted by molar-refractivity contribution is -0.0146. The van der Waals surface area contributed by atoms with Crippen molar-refractivity contribution in [1.29, 1.82) is 0 Å². The first-order valence-electron chi connectivity index (χ1n) is 8.81. The summed E-state index contributed by atoms with van der Waals surface area (Å²) in [5, 5.41) is 0. The Morgan fingerprint density at radius 1 is 1.36 bits per heavy atom. The van der Waals surface area contributed by atoms with Crippen LogP contribution < -0.4 is 15.2 Å². The molecule has 0 amide bonds. The number of ether oxygens (including phenoxy) is 2. The van der Waals surface area contributed by atoms with Gasteiger partial charge < -0.3 is 24.8 Å². The summed E-state index contributed by atoms with van der Waals surface area (Å²) in [6.45, 7) is 4.65. The molecule has 0 saturated carbocycles. The zero-order chi connectivity index (χ0) is 17.7. The monoisotopic (exact) mass is 365 g/mol. The largest absolute Gasteiger partial charge is 0.486 e. The van der Waals surface area contributed by atoms with Crippen LogP contribution in [0, 0.1) is 0 Å². The molecule has 3 rings (SSSR count). The molecule has 1 fully saturated rings. The number of rotatable bonds is 7. The molecule has 1 spiro atoms. The maximum Gasteiger partial charge on any atom is 0.170 e. The standard InChI is InChI=1S/C18H27N3O3S/c1-25-20-14-2-3-17-15(12-14)16(22)13-18(24-17)4-7-21(8-5-18)9-11-23-10-6-19/h2-3,12,20H,4-11,13,19H2,1H3. The normalized spacial score (nSPS) is 19.5. The van der Waals surface area contributed by atoms with E-state index in [4.69, 9.17) is 15.2 Å². The quantitative estimate of drug-likeness (QED) is 0.566. The molecule has 3 N–H and O–H groups in total. The Kier molecular flexibility index (Phi) is 6.22. The number of hydrogen-bond donors (Lipinski definition) is 2. The van der Waals surface area contributed by atoms with E-state index in [0.29, 0.717) is 31.7 Å². The van der Waals surface area contributed by atoms with Crippen molar-refractivity contribution in [2.24, 2.45) is 5.73 Å². The average molecular weight is 365 g/mol. The van der Waals surface area contributed by atoms with Crippen LogP contribution in [-0.4, -0.2) is 61.9 Å². The first-order valence-corrected chi connectivity index (χ1v) is 10.0. The Balaban J connectivity index is 1.59. The smallest absolute Gasteiger partial charge is 0.170 e. The summed E-state index contributed by atoms with van der Waals surface area (Å²) in [5.74, 6) is 0.911. The number of likely N-dealkylation sites (tertiary alicyclic amines) is 1. The molecule has 0 unspecified atom stereocenters. The molecule has 2 heterocycles. The van der Waals surface area contributed by atoms with E-state index in [9.17, 15) is 4.79 Å². The molecule has 0 bridgehead atoms. The Morgan fingerprint density at radius 3 is 2.88 bits per heavy atom. The van der Waals surface area contributed by atoms with Crippen molar-refractivity contribution >= 4 is 23.4 Å². The van der Waals surface area contributed by atoms with Crippen LogP contribution in [0.5, 0.6) is 5.75 Å². The Hall–Kier alpha value is -1.28. The Labute approximate surface area is 153 Å². The van der Waals surface area contributed by atoms with Crippen LogP contribution in [-0.2, 0) is 4.74 Å². The van der Waals surface area contributed by atoms with Gasteiger partial charge in [-0.3, -0.25) is 4.79 Å². The summed E-state index contributed by atoms with van der Waals surface area (Å²) in [5.41, 5.74) is 6.72. The second-order valence-corrected chi connectivity index (χ2v) is 7.26. The average Bonchev–Trinajstić information content (AvgIpc) is 2.61. The molecule has 0 radical (unpaired) electrons. The van der Waals surface area contributed by atoms with Crippen LogP contribution in [0.4, 0.5) is 5.69 Å². The van der Waals surface area contributed by atoms with Crippen LogP contribution in [0.25, 0.3) is 0 Å². The molecule has 6 nitrogen and oxygen atoms in total. The molecule has 7 heteroatoms. The summed E-state index contributed by atoms with van der Waals surface area (Å²) >= 11 is 1.51. The minimum absolute atomic E-state index is 0.186. The van der Waals surface area contributed by atoms with E-state index in [2.05, 4.69) is 9.62 Å². The summed E-state index contributed by atoms with van der Waals surface area (Å²) in [4.78, 5) is 15.1. The van der Waals surface area contributed by atoms with Crippen molar-refractivity contribution in [1.82, 2.24) is 4.90 Å². The Bertz CT molecular complexity index is 603. The molecule has 2 aliphatic rings. The van der Waals surface area contributed by atoms with E-state index in [1.54, 1.807) is 0 Å². The van der Waals surface area contributed by atoms with Crippen LogP contribution in [0.1, 0.15) is 29.6 Å². The zero-order valence-corrected chi connectivity index (χ0v) is 15.6. The number of anilines is 1. The number of Topliss-reactive ketones (excluding diaryl/α,β-unsaturated/α-hetero) is 1. The number of piperidine rings is 1. The fourth-order valence-electron chi connectivity index (χ4n) is 3.52. The first-order chi connectivity index (χ1) is 12.2. The van der Waals surface area contributed by atoms with E-state index < -0.39 is 0 Å². The van der Waals surface area contributed by atoms with Crippen molar-refractivity contribution in [3.63, 3.8) is 0 Å². The Morgan fingerprint density at radius 2 is 2.16 bits per heavy atom. The third kappa shape index (κ3) is 4.47. The minimum Gasteiger partial charge on any atom is -0.486 e. The van der Waals surface area contributed by atoms with E-state index in [0.717, 1.165) is 43.9 Å². The van der Waals surface area contributed by atoms with Crippen molar-refractivity contribution in [2.75, 3.05) is 50.4 Å². The van der Waals surface area contributed by atoms with Crippen LogP contribution in [0.3, 0.4) is 0 Å². The lowest BCUT2D eigenvalue weighted by Gasteiger charge is -2.44. The summed E-state index contributed by atoms with van der Waals surface area (Å²) < 4.78 is 14.9. The highest BCUT2D eigenvalue weighted by molar-refractivity contribution is 7.99. The van der Waals surface area contributed by atoms with Crippen molar-refractivity contribution in [3.05, 3.63) is 23.8 Å². The highest BCUT2D eigenvalue weighted by Crippen LogP contribution is 2.40. The second kappa shape index (κ2) is 8.40. The lowest BCUT2D eigenvalue weighted by Crippen LogP contribution is -2.51. The van der Waals surface area contributed by atoms with Crippen molar-refractivity contribution in [3.8, 4) is 5.75 Å². The number of carbonyl (C=O) groups excluding carboxylic acids is 1. The number of fused-ring (bicyclic) bond motifs is 1. The van der Waals surface area contributed by atoms with Gasteiger partial charge in [0.15, 0.2) is 5.78 Å². The van der Waals surface area contributed by atoms with Crippen molar-refractivity contribution in [2.45, 2.75) is 24.9 Å². The maximum absolute atomic E-state index is 12.7. The minimum atomic E-state index is -0.340. The van der Waals surface area contributed by atoms with Crippen LogP contribution in [0.15, 0.2) is 18.2 Å². The fraction of sp³-hybridized carbons (Fsp3) is 0.611. The SMILES string of the molecule is CSNc1ccc2c(c1)C(=O)CC1(CCN(CCOCCN)CC1)O2. The van der Waals surface area contributed by atoms with Gasteiger partial charge in [-0.15, -0.1) is 0 Å². The van der Waals surface area contributed by atoms with E-state index in [1.807, 2.05) is 24.5 Å². The van der Waals surface area contributed by atoms with Gasteiger partial charge in [0.2, 0.25) is 0 Å². The van der Waals surface area contributed by atoms with E-state index >= 15 is 0 Å². The summed E-state index contributed by atoms with van der Waals surface area (Å²) in [6.07, 6.45) is 4.18. The maximum atomic E-state index is 12.7. The third-order valence-corrected chi connectivity index (χ3v) is 5.33. The van der Waals surface area contributed by atoms with E-state index in [-0.39, 0.29) is 11.4 Å². The molecule has 1 aromatic carbocycles. The van der Waals surface area contributed by atoms with Crippen molar-refractivity contribution < 1.29 is 14.3 Å². The molecular weight excluding hydrogens is 338 g/mol. The molecule has 0 atom stereocenters. The van der Waals surface area contributed by atoms with Gasteiger partial charge in [-0.1, -0.05) is 11.9 Å². The molecule has 0 aliphatic carbocycles. The molecule has 1 saturated heterocycles. The van der Waals surface area contributed by atoms with Gasteiger partial charge in [0.25, 0.3) is 0 Å². The number of nitrogens with zero attached hydrogens (tertiary/aromatic N) is 1. The van der Waals surface area contributed by atoms with Crippen LogP contribution in [0.2, 0.25) is 0 Å². The number of ketones is 1. The second-order valence-electron chi connectivity index (χ2n) is 6.64. The highest BCUT2D eigenvalue weighted by atomic mass is 32.2. The number of nitrogens with two attached hydrogens (primary N) is 1. The molecular formula is C18H27N3O3S. The third-order valence-electron chi connectivity index (χ3n) is 4.89. The number of benzene rings is 1. The van der Waals surface area contributed by atoms with Gasteiger partial charge in [-0.25, -0.2) is 0 Å². The predicted octanol–water partition coefficient (Wildman–Crippen LogP) is 2.15. The summed E-state index contributed by atoms with van der Waals surface area (Å²) in [6, 6.07) is 5.77. The summed E-state index contributed by atoms with van der Waals surface area (Å²) in [7, 11) is 0. The van der Waals surface area contributed by atoms with Gasteiger partial charge in [0, 0.05) is 51.0 Å². The van der Waals surface area contributed by atoms with E-state index in [1.165, 1.54) is 11.9 Å². The topological polar surface area (TPSA) is 76.8 Å². The van der Waals surface area contributed by atoms with Gasteiger partial charge in [-0.2, -0.15) is 0 Å². The zero-order valence-electron chi connectivity index (χ0n) is 14.8. The van der Waals surface area contributed by atoms with Gasteiger partial charge in [0.05, 0.1) is 25.2 Å². The van der Waals surface area contributed by atoms with Gasteiger partial charge in [0.1, 0.15) is 11.4 Å². The highest BCUT2D eigenvalue weighted by Gasteiger charge is 2.42. The predicted molar refractivity (Wildman–Crippen MR) is 101 cm³/mol. The fourth-order valence-corrected chi connectivity index (χ4v) is 3.88. The number of nitrogens with one attached hydrogen (secondary N) is 1. The molecule has 25 heavy (non-hydrogen) atoms. The molecule has 0 aromatic heterocycles. The molecule has 138 valence electrons. The number of hydrogen-bond acceptors (Lipinski definition) is 7. The van der Waals surface area contributed by atoms with Gasteiger partial charge >= 0.3 is 0 Å².